The second-order valence-corrected chi connectivity index (χ2v) is 7.90. The van der Waals surface area contributed by atoms with Gasteiger partial charge in [0.15, 0.2) is 0 Å². The minimum Gasteiger partial charge on any atom is -0.468 e. The molecular weight excluding hydrogens is 424 g/mol. The number of methoxy groups -OCH3 is 1. The number of fused-ring (bicyclic) bond motifs is 1. The first-order valence-electron chi connectivity index (χ1n) is 10.0. The number of nitrogens with one attached hydrogen (secondary N) is 2. The quantitative estimate of drug-likeness (QED) is 0.222. The third-order valence-electron chi connectivity index (χ3n) is 5.73. The van der Waals surface area contributed by atoms with Gasteiger partial charge >= 0.3 is 18.0 Å². The number of carbonyl (C=O) groups excluding carboxylic acids is 4. The fourth-order valence-corrected chi connectivity index (χ4v) is 4.61. The second kappa shape index (κ2) is 10.5. The summed E-state index contributed by atoms with van der Waals surface area (Å²) < 4.78 is 14.9. The van der Waals surface area contributed by atoms with Crippen LogP contribution in [-0.4, -0.2) is 54.8 Å². The Morgan fingerprint density at radius 3 is 2.42 bits per heavy atom. The lowest BCUT2D eigenvalue weighted by Crippen LogP contribution is -2.61. The third kappa shape index (κ3) is 5.12. The van der Waals surface area contributed by atoms with E-state index in [1.165, 1.54) is 19.3 Å². The van der Waals surface area contributed by atoms with Crippen LogP contribution >= 0.6 is 12.2 Å². The highest BCUT2D eigenvalue weighted by Gasteiger charge is 2.72. The van der Waals surface area contributed by atoms with Gasteiger partial charge in [-0.25, -0.2) is 4.79 Å². The molecule has 9 nitrogen and oxygen atoms in total. The van der Waals surface area contributed by atoms with Crippen LogP contribution in [0.5, 0.6) is 0 Å². The van der Waals surface area contributed by atoms with E-state index in [0.29, 0.717) is 19.3 Å². The van der Waals surface area contributed by atoms with Gasteiger partial charge in [0.05, 0.1) is 18.0 Å². The first-order valence-corrected chi connectivity index (χ1v) is 10.4. The minimum atomic E-state index is -1.42. The van der Waals surface area contributed by atoms with Crippen LogP contribution in [0.4, 0.5) is 4.79 Å². The molecule has 2 aliphatic carbocycles. The Balaban J connectivity index is 2.24. The third-order valence-corrected chi connectivity index (χ3v) is 6.12. The molecule has 0 aromatic carbocycles. The first-order chi connectivity index (χ1) is 14.8. The SMILES string of the molecule is C=CCOC(=O)N[C@@]1(C(=O)NC(=S)C(CC)C(=O)OC)CC[C@H]2[C@H](C(=O)OCC=C)[C@H]21. The average molecular weight is 453 g/mol. The van der Waals surface area contributed by atoms with Crippen LogP contribution in [-0.2, 0) is 28.6 Å². The zero-order valence-corrected chi connectivity index (χ0v) is 18.5. The highest BCUT2D eigenvalue weighted by atomic mass is 32.1. The number of esters is 2. The highest BCUT2D eigenvalue weighted by molar-refractivity contribution is 7.80. The predicted octanol–water partition coefficient (Wildman–Crippen LogP) is 1.67. The highest BCUT2D eigenvalue weighted by Crippen LogP contribution is 2.62. The van der Waals surface area contributed by atoms with Crippen LogP contribution in [0.1, 0.15) is 26.2 Å². The summed E-state index contributed by atoms with van der Waals surface area (Å²) in [6.45, 7) is 8.75. The summed E-state index contributed by atoms with van der Waals surface area (Å²) in [5, 5.41) is 5.22. The van der Waals surface area contributed by atoms with Crippen molar-refractivity contribution in [2.45, 2.75) is 31.7 Å². The van der Waals surface area contributed by atoms with E-state index >= 15 is 0 Å². The molecule has 0 heterocycles. The van der Waals surface area contributed by atoms with Crippen LogP contribution in [0.25, 0.3) is 0 Å². The predicted molar refractivity (Wildman–Crippen MR) is 115 cm³/mol. The molecule has 0 radical (unpaired) electrons. The van der Waals surface area contributed by atoms with Crippen molar-refractivity contribution in [2.75, 3.05) is 20.3 Å². The maximum atomic E-state index is 13.3. The van der Waals surface area contributed by atoms with Crippen LogP contribution < -0.4 is 10.6 Å². The molecule has 170 valence electrons. The first kappa shape index (κ1) is 24.5. The monoisotopic (exact) mass is 452 g/mol. The summed E-state index contributed by atoms with van der Waals surface area (Å²) in [6, 6.07) is 0. The van der Waals surface area contributed by atoms with Gasteiger partial charge in [0.2, 0.25) is 0 Å². The summed E-state index contributed by atoms with van der Waals surface area (Å²) in [4.78, 5) is 50.0. The molecule has 1 unspecified atom stereocenters. The van der Waals surface area contributed by atoms with Gasteiger partial charge in [-0.15, -0.1) is 0 Å². The number of ether oxygens (including phenoxy) is 3. The van der Waals surface area contributed by atoms with Crippen LogP contribution in [0.3, 0.4) is 0 Å². The van der Waals surface area contributed by atoms with Gasteiger partial charge in [-0.2, -0.15) is 0 Å². The second-order valence-electron chi connectivity index (χ2n) is 7.46. The molecule has 0 aliphatic heterocycles. The molecule has 2 saturated carbocycles. The molecule has 0 aromatic rings. The summed E-state index contributed by atoms with van der Waals surface area (Å²) >= 11 is 5.26. The van der Waals surface area contributed by atoms with E-state index in [9.17, 15) is 19.2 Å². The molecule has 0 bridgehead atoms. The lowest BCUT2D eigenvalue weighted by molar-refractivity contribution is -0.145. The van der Waals surface area contributed by atoms with E-state index in [0.717, 1.165) is 0 Å². The van der Waals surface area contributed by atoms with Crippen molar-refractivity contribution >= 4 is 41.1 Å². The number of amides is 2. The number of carbonyl (C=O) groups is 4. The van der Waals surface area contributed by atoms with Crippen molar-refractivity contribution in [3.05, 3.63) is 25.3 Å². The lowest BCUT2D eigenvalue weighted by Gasteiger charge is -2.32. The molecular formula is C21H28N2O7S. The zero-order valence-electron chi connectivity index (χ0n) is 17.7. The van der Waals surface area contributed by atoms with Gasteiger partial charge in [0, 0.05) is 5.92 Å². The Bertz CT molecular complexity index is 784. The lowest BCUT2D eigenvalue weighted by atomic mass is 9.88. The van der Waals surface area contributed by atoms with Gasteiger partial charge in [-0.1, -0.05) is 44.5 Å². The summed E-state index contributed by atoms with van der Waals surface area (Å²) in [6.07, 6.45) is 3.20. The van der Waals surface area contributed by atoms with Crippen LogP contribution in [0.15, 0.2) is 25.3 Å². The van der Waals surface area contributed by atoms with Gasteiger partial charge < -0.3 is 24.8 Å². The van der Waals surface area contributed by atoms with Crippen molar-refractivity contribution < 1.29 is 33.4 Å². The number of alkyl carbamates (subject to hydrolysis) is 1. The standard InChI is InChI=1S/C21H28N2O7S/c1-5-10-29-18(25)14-13-8-9-21(15(13)14,23-20(27)30-11-6-2)19(26)22-16(31)12(7-3)17(24)28-4/h5-6,12-15H,1-2,7-11H2,3-4H3,(H,23,27)(H,22,26,31)/t12?,13-,14-,15-,21-/m0/s1. The van der Waals surface area contributed by atoms with Crippen LogP contribution in [0, 0.1) is 23.7 Å². The molecule has 0 spiro atoms. The number of rotatable bonds is 10. The fraction of sp³-hybridized carbons (Fsp3) is 0.571. The van der Waals surface area contributed by atoms with E-state index in [1.807, 2.05) is 0 Å². The molecule has 2 amide bonds. The fourth-order valence-electron chi connectivity index (χ4n) is 4.26. The smallest absolute Gasteiger partial charge is 0.408 e. The Labute approximate surface area is 186 Å². The molecule has 2 N–H and O–H groups in total. The van der Waals surface area contributed by atoms with Crippen molar-refractivity contribution in [1.29, 1.82) is 0 Å². The van der Waals surface area contributed by atoms with Crippen molar-refractivity contribution in [3.8, 4) is 0 Å². The summed E-state index contributed by atoms with van der Waals surface area (Å²) in [7, 11) is 1.24. The maximum Gasteiger partial charge on any atom is 0.408 e. The Kier molecular flexibility index (Phi) is 8.32. The molecule has 31 heavy (non-hydrogen) atoms. The largest absolute Gasteiger partial charge is 0.468 e. The van der Waals surface area contributed by atoms with Crippen LogP contribution in [0.2, 0.25) is 0 Å². The van der Waals surface area contributed by atoms with Gasteiger partial charge in [-0.05, 0) is 25.2 Å². The topological polar surface area (TPSA) is 120 Å². The maximum absolute atomic E-state index is 13.3. The van der Waals surface area contributed by atoms with Crippen molar-refractivity contribution in [2.24, 2.45) is 23.7 Å². The summed E-state index contributed by atoms with van der Waals surface area (Å²) in [5.74, 6) is -3.53. The van der Waals surface area contributed by atoms with E-state index in [2.05, 4.69) is 23.8 Å². The van der Waals surface area contributed by atoms with E-state index in [4.69, 9.17) is 26.4 Å². The zero-order chi connectivity index (χ0) is 23.2. The normalized spacial score (nSPS) is 26.5. The molecule has 5 atom stereocenters. The van der Waals surface area contributed by atoms with E-state index in [1.54, 1.807) is 6.92 Å². The minimum absolute atomic E-state index is 0.00475. The number of hydrogen-bond donors (Lipinski definition) is 2. The van der Waals surface area contributed by atoms with Gasteiger partial charge in [0.1, 0.15) is 24.7 Å². The van der Waals surface area contributed by atoms with Crippen molar-refractivity contribution in [1.82, 2.24) is 10.6 Å². The molecule has 2 fully saturated rings. The molecule has 2 aliphatic rings. The number of thiocarbonyl (C=S) groups is 1. The summed E-state index contributed by atoms with van der Waals surface area (Å²) in [5.41, 5.74) is -1.42. The Morgan fingerprint density at radius 1 is 1.19 bits per heavy atom. The number of hydrogen-bond acceptors (Lipinski definition) is 8. The van der Waals surface area contributed by atoms with Crippen molar-refractivity contribution in [3.63, 3.8) is 0 Å². The van der Waals surface area contributed by atoms with Gasteiger partial charge in [-0.3, -0.25) is 14.4 Å². The van der Waals surface area contributed by atoms with Gasteiger partial charge in [0.25, 0.3) is 5.91 Å². The molecule has 0 aromatic heterocycles. The Morgan fingerprint density at radius 2 is 1.84 bits per heavy atom. The Hall–Kier alpha value is -2.75. The van der Waals surface area contributed by atoms with E-state index in [-0.39, 0.29) is 24.1 Å². The molecule has 2 rings (SSSR count). The average Bonchev–Trinajstić information content (AvgIpc) is 3.37. The van der Waals surface area contributed by atoms with E-state index < -0.39 is 47.2 Å². The molecule has 10 heteroatoms. The molecule has 0 saturated heterocycles.